The molecule has 0 bridgehead atoms. The average molecular weight is 348 g/mol. The van der Waals surface area contributed by atoms with Crippen molar-refractivity contribution in [1.82, 2.24) is 10.6 Å². The van der Waals surface area contributed by atoms with Gasteiger partial charge in [0.05, 0.1) is 14.2 Å². The largest absolute Gasteiger partial charge is 0.497 e. The first-order chi connectivity index (χ1) is 12.0. The van der Waals surface area contributed by atoms with E-state index < -0.39 is 0 Å². The Morgan fingerprint density at radius 2 is 1.84 bits per heavy atom. The van der Waals surface area contributed by atoms with E-state index in [9.17, 15) is 9.59 Å². The molecule has 0 saturated heterocycles. The third-order valence-corrected chi connectivity index (χ3v) is 4.95. The predicted octanol–water partition coefficient (Wildman–Crippen LogP) is 1.26. The molecule has 6 heteroatoms. The fourth-order valence-corrected chi connectivity index (χ4v) is 3.13. The van der Waals surface area contributed by atoms with Crippen molar-refractivity contribution < 1.29 is 19.2 Å². The number of hydrogen-bond donors (Lipinski definition) is 3. The molecule has 0 spiro atoms. The summed E-state index contributed by atoms with van der Waals surface area (Å²) >= 11 is 0. The molecule has 0 radical (unpaired) electrons. The summed E-state index contributed by atoms with van der Waals surface area (Å²) in [5, 5.41) is 5.39. The van der Waals surface area contributed by atoms with Crippen LogP contribution in [-0.4, -0.2) is 38.2 Å². The Morgan fingerprint density at radius 1 is 1.20 bits per heavy atom. The summed E-state index contributed by atoms with van der Waals surface area (Å²) in [6.07, 6.45) is 5.52. The third-order valence-electron chi connectivity index (χ3n) is 4.95. The normalized spacial score (nSPS) is 17.4. The Bertz CT molecular complexity index is 568. The number of quaternary nitrogens is 1. The molecule has 1 aromatic rings. The fourth-order valence-electron chi connectivity index (χ4n) is 3.13. The van der Waals surface area contributed by atoms with Crippen LogP contribution in [0.4, 0.5) is 4.79 Å². The van der Waals surface area contributed by atoms with E-state index in [1.807, 2.05) is 38.2 Å². The zero-order chi connectivity index (χ0) is 18.2. The van der Waals surface area contributed by atoms with Gasteiger partial charge in [-0.25, -0.2) is 4.79 Å². The molecular formula is C19H30N3O3+. The average Bonchev–Trinajstić information content (AvgIpc) is 2.62. The zero-order valence-electron chi connectivity index (χ0n) is 15.4. The second-order valence-corrected chi connectivity index (χ2v) is 6.89. The monoisotopic (exact) mass is 348 g/mol. The van der Waals surface area contributed by atoms with E-state index in [0.29, 0.717) is 6.54 Å². The van der Waals surface area contributed by atoms with Gasteiger partial charge in [-0.05, 0) is 44.0 Å². The number of nitrogens with one attached hydrogen (secondary N) is 3. The minimum atomic E-state index is -0.374. The number of ether oxygens (including phenoxy) is 1. The molecule has 1 aliphatic carbocycles. The number of imide groups is 1. The van der Waals surface area contributed by atoms with Crippen LogP contribution in [0.5, 0.6) is 5.75 Å². The van der Waals surface area contributed by atoms with Crippen molar-refractivity contribution in [2.45, 2.75) is 57.7 Å². The van der Waals surface area contributed by atoms with Gasteiger partial charge < -0.3 is 15.0 Å². The molecule has 3 amide bonds. The number of carbonyl (C=O) groups excluding carboxylic acids is 2. The number of urea groups is 1. The number of hydrogen-bond acceptors (Lipinski definition) is 3. The van der Waals surface area contributed by atoms with Crippen molar-refractivity contribution in [3.05, 3.63) is 29.8 Å². The van der Waals surface area contributed by atoms with E-state index in [1.54, 1.807) is 7.11 Å². The van der Waals surface area contributed by atoms with Crippen LogP contribution in [-0.2, 0) is 11.3 Å². The second kappa shape index (κ2) is 9.42. The highest BCUT2D eigenvalue weighted by Crippen LogP contribution is 2.17. The molecule has 1 saturated carbocycles. The molecule has 138 valence electrons. The number of methoxy groups -OCH3 is 1. The summed E-state index contributed by atoms with van der Waals surface area (Å²) in [5.74, 6) is 0.561. The van der Waals surface area contributed by atoms with Gasteiger partial charge in [-0.1, -0.05) is 19.3 Å². The van der Waals surface area contributed by atoms with E-state index in [2.05, 4.69) is 10.6 Å². The summed E-state index contributed by atoms with van der Waals surface area (Å²) in [5.41, 5.74) is 1.12. The molecule has 1 aliphatic rings. The summed E-state index contributed by atoms with van der Waals surface area (Å²) in [6, 6.07) is 7.29. The lowest BCUT2D eigenvalue weighted by molar-refractivity contribution is -0.908. The Labute approximate surface area is 149 Å². The lowest BCUT2D eigenvalue weighted by Crippen LogP contribution is -3.12. The van der Waals surface area contributed by atoms with Crippen molar-refractivity contribution in [3.8, 4) is 5.75 Å². The maximum Gasteiger partial charge on any atom is 0.321 e. The summed E-state index contributed by atoms with van der Waals surface area (Å²) in [4.78, 5) is 25.3. The summed E-state index contributed by atoms with van der Waals surface area (Å²) in [6.45, 7) is 2.53. The van der Waals surface area contributed by atoms with Gasteiger partial charge in [0.25, 0.3) is 5.91 Å². The topological polar surface area (TPSA) is 71.9 Å². The van der Waals surface area contributed by atoms with Gasteiger partial charge in [-0.2, -0.15) is 0 Å². The third kappa shape index (κ3) is 6.05. The Morgan fingerprint density at radius 3 is 2.44 bits per heavy atom. The SMILES string of the molecule is COc1ccc(C[NH+](C)[C@H](C)C(=O)NC(=O)NC2CCCCC2)cc1. The predicted molar refractivity (Wildman–Crippen MR) is 96.6 cm³/mol. The van der Waals surface area contributed by atoms with E-state index >= 15 is 0 Å². The standard InChI is InChI=1S/C19H29N3O3/c1-14(22(2)13-15-9-11-17(25-3)12-10-15)18(23)21-19(24)20-16-7-5-4-6-8-16/h9-12,14,16H,4-8,13H2,1-3H3,(H2,20,21,23,24)/p+1/t14-/m1/s1. The van der Waals surface area contributed by atoms with E-state index in [-0.39, 0.29) is 24.0 Å². The molecule has 1 unspecified atom stereocenters. The van der Waals surface area contributed by atoms with Crippen LogP contribution in [0.2, 0.25) is 0 Å². The molecule has 0 heterocycles. The van der Waals surface area contributed by atoms with Crippen LogP contribution in [0.15, 0.2) is 24.3 Å². The summed E-state index contributed by atoms with van der Waals surface area (Å²) < 4.78 is 5.15. The lowest BCUT2D eigenvalue weighted by atomic mass is 9.96. The van der Waals surface area contributed by atoms with E-state index in [4.69, 9.17) is 4.74 Å². The first-order valence-electron chi connectivity index (χ1n) is 9.06. The maximum atomic E-state index is 12.3. The molecule has 3 N–H and O–H groups in total. The van der Waals surface area contributed by atoms with Crippen LogP contribution in [0.1, 0.15) is 44.6 Å². The fraction of sp³-hybridized carbons (Fsp3) is 0.579. The molecule has 2 atom stereocenters. The first-order valence-corrected chi connectivity index (χ1v) is 9.06. The van der Waals surface area contributed by atoms with Crippen molar-refractivity contribution in [3.63, 3.8) is 0 Å². The molecule has 1 fully saturated rings. The first kappa shape index (κ1) is 19.2. The molecule has 1 aromatic carbocycles. The quantitative estimate of drug-likeness (QED) is 0.725. The van der Waals surface area contributed by atoms with Crippen LogP contribution >= 0.6 is 0 Å². The number of carbonyl (C=O) groups is 2. The van der Waals surface area contributed by atoms with Gasteiger partial charge in [-0.3, -0.25) is 10.1 Å². The van der Waals surface area contributed by atoms with Gasteiger partial charge in [0.2, 0.25) is 0 Å². The molecular weight excluding hydrogens is 318 g/mol. The maximum absolute atomic E-state index is 12.3. The Kier molecular flexibility index (Phi) is 7.25. The van der Waals surface area contributed by atoms with Crippen LogP contribution in [0.25, 0.3) is 0 Å². The van der Waals surface area contributed by atoms with Gasteiger partial charge >= 0.3 is 6.03 Å². The van der Waals surface area contributed by atoms with Crippen molar-refractivity contribution in [2.75, 3.05) is 14.2 Å². The number of amides is 3. The lowest BCUT2D eigenvalue weighted by Gasteiger charge is -2.24. The zero-order valence-corrected chi connectivity index (χ0v) is 15.4. The Hall–Kier alpha value is -2.08. The summed E-state index contributed by atoms with van der Waals surface area (Å²) in [7, 11) is 3.59. The second-order valence-electron chi connectivity index (χ2n) is 6.89. The highest BCUT2D eigenvalue weighted by atomic mass is 16.5. The molecule has 0 aromatic heterocycles. The highest BCUT2D eigenvalue weighted by Gasteiger charge is 2.25. The van der Waals surface area contributed by atoms with Gasteiger partial charge in [0.15, 0.2) is 6.04 Å². The van der Waals surface area contributed by atoms with E-state index in [1.165, 1.54) is 6.42 Å². The Balaban J connectivity index is 1.79. The number of benzene rings is 1. The number of rotatable bonds is 6. The number of likely N-dealkylation sites (N-methyl/N-ethyl adjacent to an activating group) is 1. The molecule has 25 heavy (non-hydrogen) atoms. The molecule has 2 rings (SSSR count). The van der Waals surface area contributed by atoms with Crippen LogP contribution in [0, 0.1) is 0 Å². The van der Waals surface area contributed by atoms with Crippen LogP contribution < -0.4 is 20.3 Å². The van der Waals surface area contributed by atoms with Crippen molar-refractivity contribution >= 4 is 11.9 Å². The smallest absolute Gasteiger partial charge is 0.321 e. The van der Waals surface area contributed by atoms with Gasteiger partial charge in [0.1, 0.15) is 12.3 Å². The van der Waals surface area contributed by atoms with Crippen molar-refractivity contribution in [1.29, 1.82) is 0 Å². The highest BCUT2D eigenvalue weighted by molar-refractivity contribution is 5.96. The van der Waals surface area contributed by atoms with E-state index in [0.717, 1.165) is 41.9 Å². The van der Waals surface area contributed by atoms with Gasteiger partial charge in [-0.15, -0.1) is 0 Å². The van der Waals surface area contributed by atoms with Crippen LogP contribution in [0.3, 0.4) is 0 Å². The molecule has 6 nitrogen and oxygen atoms in total. The van der Waals surface area contributed by atoms with Crippen molar-refractivity contribution in [2.24, 2.45) is 0 Å². The minimum Gasteiger partial charge on any atom is -0.497 e. The molecule has 0 aliphatic heterocycles. The minimum absolute atomic E-state index is 0.196. The van der Waals surface area contributed by atoms with Gasteiger partial charge in [0, 0.05) is 11.6 Å².